The molecule has 2 aromatic carbocycles. The van der Waals surface area contributed by atoms with Crippen LogP contribution in [-0.2, 0) is 13.0 Å². The monoisotopic (exact) mass is 437 g/mol. The maximum atomic E-state index is 13.7. The fourth-order valence-electron chi connectivity index (χ4n) is 3.93. The molecule has 4 nitrogen and oxygen atoms in total. The Morgan fingerprint density at radius 1 is 1.10 bits per heavy atom. The largest absolute Gasteiger partial charge is 0.368 e. The molecule has 0 unspecified atom stereocenters. The number of nitrogens with one attached hydrogen (secondary N) is 1. The molecule has 0 atom stereocenters. The Hall–Kier alpha value is -3.18. The topological polar surface area (TPSA) is 46.9 Å². The number of aldehydes is 1. The van der Waals surface area contributed by atoms with Gasteiger partial charge in [-0.05, 0) is 55.2 Å². The summed E-state index contributed by atoms with van der Waals surface area (Å²) in [5.41, 5.74) is 5.97. The summed E-state index contributed by atoms with van der Waals surface area (Å²) in [6.07, 6.45) is 3.42. The predicted octanol–water partition coefficient (Wildman–Crippen LogP) is 5.73. The van der Waals surface area contributed by atoms with Crippen molar-refractivity contribution in [3.05, 3.63) is 94.6 Å². The van der Waals surface area contributed by atoms with Gasteiger partial charge >= 0.3 is 0 Å². The van der Waals surface area contributed by atoms with Gasteiger partial charge in [0, 0.05) is 35.9 Å². The van der Waals surface area contributed by atoms with E-state index in [9.17, 15) is 9.18 Å². The highest BCUT2D eigenvalue weighted by atomic mass is 35.5. The van der Waals surface area contributed by atoms with Gasteiger partial charge in [-0.1, -0.05) is 36.4 Å². The maximum Gasteiger partial charge on any atom is 0.150 e. The molecule has 0 fully saturated rings. The summed E-state index contributed by atoms with van der Waals surface area (Å²) in [5, 5.41) is 4.58. The lowest BCUT2D eigenvalue weighted by atomic mass is 10.1. The normalized spacial score (nSPS) is 10.7. The zero-order valence-corrected chi connectivity index (χ0v) is 18.4. The van der Waals surface area contributed by atoms with E-state index in [0.717, 1.165) is 46.2 Å². The molecule has 31 heavy (non-hydrogen) atoms. The first kappa shape index (κ1) is 22.5. The molecule has 1 N–H and O–H groups in total. The van der Waals surface area contributed by atoms with E-state index in [4.69, 9.17) is 0 Å². The summed E-state index contributed by atoms with van der Waals surface area (Å²) in [7, 11) is 0. The molecule has 0 aliphatic heterocycles. The molecule has 0 bridgehead atoms. The van der Waals surface area contributed by atoms with Crippen molar-refractivity contribution in [3.8, 4) is 0 Å². The summed E-state index contributed by atoms with van der Waals surface area (Å²) in [6, 6.07) is 16.3. The summed E-state index contributed by atoms with van der Waals surface area (Å²) in [4.78, 5) is 15.8. The Morgan fingerprint density at radius 3 is 2.68 bits per heavy atom. The third-order valence-electron chi connectivity index (χ3n) is 5.64. The lowest BCUT2D eigenvalue weighted by Crippen LogP contribution is -2.10. The van der Waals surface area contributed by atoms with Crippen molar-refractivity contribution >= 4 is 35.4 Å². The third kappa shape index (κ3) is 4.62. The van der Waals surface area contributed by atoms with Crippen LogP contribution in [0.3, 0.4) is 0 Å². The van der Waals surface area contributed by atoms with Gasteiger partial charge in [-0.3, -0.25) is 4.79 Å². The Kier molecular flexibility index (Phi) is 7.08. The van der Waals surface area contributed by atoms with Crippen molar-refractivity contribution < 1.29 is 9.18 Å². The van der Waals surface area contributed by atoms with Gasteiger partial charge in [0.1, 0.15) is 12.1 Å². The number of rotatable bonds is 7. The number of nitrogens with zero attached hydrogens (tertiary/aromatic N) is 2. The zero-order valence-electron chi connectivity index (χ0n) is 17.6. The first-order valence-electron chi connectivity index (χ1n) is 10.0. The number of halogens is 2. The molecule has 0 aliphatic carbocycles. The highest BCUT2D eigenvalue weighted by Crippen LogP contribution is 2.30. The molecular weight excluding hydrogens is 413 g/mol. The molecule has 0 saturated carbocycles. The third-order valence-corrected chi connectivity index (χ3v) is 5.64. The van der Waals surface area contributed by atoms with E-state index in [1.807, 2.05) is 42.6 Å². The van der Waals surface area contributed by atoms with Crippen molar-refractivity contribution in [3.63, 3.8) is 0 Å². The Bertz CT molecular complexity index is 1220. The van der Waals surface area contributed by atoms with E-state index in [2.05, 4.69) is 28.7 Å². The standard InChI is InChI=1S/C25H24FN3O.ClH/c1-17-18(2)29(15-19-6-5-9-22(26)14-19)24-23(17)11-13-28-25(24)27-12-10-20-7-3-4-8-21(20)16-30;/h3-9,11,13-14,16H,10,12,15H2,1-2H3,(H,27,28);1H. The quantitative estimate of drug-likeness (QED) is 0.375. The summed E-state index contributed by atoms with van der Waals surface area (Å²) < 4.78 is 15.9. The molecule has 4 aromatic rings. The molecule has 160 valence electrons. The number of pyridine rings is 1. The van der Waals surface area contributed by atoms with Crippen LogP contribution in [0.15, 0.2) is 60.8 Å². The van der Waals surface area contributed by atoms with Crippen molar-refractivity contribution in [2.75, 3.05) is 11.9 Å². The van der Waals surface area contributed by atoms with Crippen LogP contribution in [0.5, 0.6) is 0 Å². The number of carbonyl (C=O) groups excluding carboxylic acids is 1. The highest BCUT2D eigenvalue weighted by molar-refractivity contribution is 5.93. The molecule has 2 heterocycles. The summed E-state index contributed by atoms with van der Waals surface area (Å²) >= 11 is 0. The van der Waals surface area contributed by atoms with Gasteiger partial charge in [-0.15, -0.1) is 12.4 Å². The van der Waals surface area contributed by atoms with Crippen LogP contribution >= 0.6 is 12.4 Å². The van der Waals surface area contributed by atoms with E-state index in [0.29, 0.717) is 18.7 Å². The minimum atomic E-state index is -0.233. The molecule has 0 spiro atoms. The van der Waals surface area contributed by atoms with Crippen LogP contribution in [0.1, 0.15) is 32.7 Å². The number of aromatic nitrogens is 2. The first-order valence-corrected chi connectivity index (χ1v) is 10.0. The Morgan fingerprint density at radius 2 is 1.90 bits per heavy atom. The molecular formula is C25H25ClFN3O. The fourth-order valence-corrected chi connectivity index (χ4v) is 3.93. The smallest absolute Gasteiger partial charge is 0.150 e. The van der Waals surface area contributed by atoms with Gasteiger partial charge in [0.25, 0.3) is 0 Å². The van der Waals surface area contributed by atoms with Crippen molar-refractivity contribution in [2.45, 2.75) is 26.8 Å². The number of anilines is 1. The van der Waals surface area contributed by atoms with Crippen molar-refractivity contribution in [1.29, 1.82) is 0 Å². The van der Waals surface area contributed by atoms with E-state index < -0.39 is 0 Å². The number of aryl methyl sites for hydroxylation is 1. The molecule has 0 aliphatic rings. The van der Waals surface area contributed by atoms with Crippen molar-refractivity contribution in [1.82, 2.24) is 9.55 Å². The molecule has 6 heteroatoms. The van der Waals surface area contributed by atoms with Gasteiger partial charge in [0.15, 0.2) is 5.82 Å². The molecule has 0 radical (unpaired) electrons. The summed E-state index contributed by atoms with van der Waals surface area (Å²) in [6.45, 7) is 5.41. The van der Waals surface area contributed by atoms with Gasteiger partial charge in [0.2, 0.25) is 0 Å². The van der Waals surface area contributed by atoms with Gasteiger partial charge in [-0.25, -0.2) is 9.37 Å². The average Bonchev–Trinajstić information content (AvgIpc) is 3.00. The Labute approximate surface area is 187 Å². The lowest BCUT2D eigenvalue weighted by Gasteiger charge is -2.13. The second-order valence-corrected chi connectivity index (χ2v) is 7.48. The SMILES string of the molecule is Cc1c(C)n(Cc2cccc(F)c2)c2c(NCCc3ccccc3C=O)nccc12.Cl. The maximum absolute atomic E-state index is 13.7. The van der Waals surface area contributed by atoms with E-state index >= 15 is 0 Å². The van der Waals surface area contributed by atoms with E-state index in [1.54, 1.807) is 12.1 Å². The lowest BCUT2D eigenvalue weighted by molar-refractivity contribution is 0.112. The zero-order chi connectivity index (χ0) is 21.1. The second kappa shape index (κ2) is 9.75. The van der Waals surface area contributed by atoms with Crippen LogP contribution in [0.25, 0.3) is 10.9 Å². The van der Waals surface area contributed by atoms with E-state index in [1.165, 1.54) is 11.6 Å². The van der Waals surface area contributed by atoms with Gasteiger partial charge in [-0.2, -0.15) is 0 Å². The van der Waals surface area contributed by atoms with E-state index in [-0.39, 0.29) is 18.2 Å². The van der Waals surface area contributed by atoms with Crippen molar-refractivity contribution in [2.24, 2.45) is 0 Å². The van der Waals surface area contributed by atoms with Crippen LogP contribution in [0, 0.1) is 19.7 Å². The second-order valence-electron chi connectivity index (χ2n) is 7.48. The van der Waals surface area contributed by atoms with Crippen LogP contribution in [0.2, 0.25) is 0 Å². The first-order chi connectivity index (χ1) is 14.6. The van der Waals surface area contributed by atoms with Gasteiger partial charge in [0.05, 0.1) is 5.52 Å². The summed E-state index contributed by atoms with van der Waals surface area (Å²) in [5.74, 6) is 0.562. The molecule has 2 aromatic heterocycles. The minimum absolute atomic E-state index is 0. The molecule has 4 rings (SSSR count). The number of carbonyl (C=O) groups is 1. The molecule has 0 amide bonds. The van der Waals surface area contributed by atoms with Crippen LogP contribution < -0.4 is 5.32 Å². The number of benzene rings is 2. The van der Waals surface area contributed by atoms with Gasteiger partial charge < -0.3 is 9.88 Å². The molecule has 0 saturated heterocycles. The van der Waals surface area contributed by atoms with Crippen LogP contribution in [-0.4, -0.2) is 22.4 Å². The minimum Gasteiger partial charge on any atom is -0.368 e. The average molecular weight is 438 g/mol. The Balaban J connectivity index is 0.00000272. The number of fused-ring (bicyclic) bond motifs is 1. The number of hydrogen-bond donors (Lipinski definition) is 1. The fraction of sp³-hybridized carbons (Fsp3) is 0.200. The predicted molar refractivity (Wildman–Crippen MR) is 126 cm³/mol. The number of hydrogen-bond acceptors (Lipinski definition) is 3. The highest BCUT2D eigenvalue weighted by Gasteiger charge is 2.15. The van der Waals surface area contributed by atoms with Crippen LogP contribution in [0.4, 0.5) is 10.2 Å².